The molecule has 0 spiro atoms. The molecule has 0 unspecified atom stereocenters. The van der Waals surface area contributed by atoms with Gasteiger partial charge in [-0.05, 0) is 0 Å². The van der Waals surface area contributed by atoms with Crippen molar-refractivity contribution in [2.75, 3.05) is 7.11 Å². The van der Waals surface area contributed by atoms with Crippen LogP contribution in [0.4, 0.5) is 0 Å². The molecule has 3 nitrogen and oxygen atoms in total. The summed E-state index contributed by atoms with van der Waals surface area (Å²) in [7, 11) is 4.41. The average molecular weight is 315 g/mol. The van der Waals surface area contributed by atoms with Crippen LogP contribution in [-0.4, -0.2) is 12.1 Å². The van der Waals surface area contributed by atoms with Crippen molar-refractivity contribution in [3.63, 3.8) is 0 Å². The van der Waals surface area contributed by atoms with Gasteiger partial charge in [-0.25, -0.2) is 0 Å². The molecule has 0 saturated carbocycles. The van der Waals surface area contributed by atoms with E-state index in [1.54, 1.807) is 13.3 Å². The fraction of sp³-hybridized carbons (Fsp3) is 0.100. The number of aromatic nitrogens is 1. The number of nitrogens with one attached hydrogen (secondary N) is 1. The third-order valence-electron chi connectivity index (χ3n) is 1.68. The molecule has 14 heavy (non-hydrogen) atoms. The normalized spacial score (nSPS) is 8.50. The summed E-state index contributed by atoms with van der Waals surface area (Å²) < 4.78 is 5.06. The Morgan fingerprint density at radius 3 is 2.79 bits per heavy atom. The van der Waals surface area contributed by atoms with Gasteiger partial charge >= 0.3 is 0 Å². The molecule has 0 aliphatic heterocycles. The van der Waals surface area contributed by atoms with Crippen molar-refractivity contribution in [3.8, 4) is 5.75 Å². The van der Waals surface area contributed by atoms with Crippen LogP contribution in [0, 0.1) is 48.7 Å². The van der Waals surface area contributed by atoms with Gasteiger partial charge in [0.15, 0.2) is 0 Å². The average Bonchev–Trinajstić information content (AvgIpc) is 2.67. The number of rotatable bonds is 1. The topological polar surface area (TPSA) is 51.0 Å². The maximum atomic E-state index is 5.06. The first kappa shape index (κ1) is 13.7. The minimum absolute atomic E-state index is 0. The van der Waals surface area contributed by atoms with Crippen molar-refractivity contribution in [2.45, 2.75) is 0 Å². The summed E-state index contributed by atoms with van der Waals surface area (Å²) in [5.41, 5.74) is 5.31. The molecule has 0 amide bonds. The third kappa shape index (κ3) is 3.13. The summed E-state index contributed by atoms with van der Waals surface area (Å²) in [5.74, 6) is 0.869. The molecule has 0 fully saturated rings. The van der Waals surface area contributed by atoms with Crippen LogP contribution in [0.1, 0.15) is 0 Å². The van der Waals surface area contributed by atoms with Gasteiger partial charge in [0.25, 0.3) is 0 Å². The molecule has 0 aliphatic carbocycles. The molecule has 0 aliphatic rings. The molecule has 1 heterocycles. The maximum absolute atomic E-state index is 5.06. The number of fused-ring (bicyclic) bond motifs is 1. The Bertz CT molecular complexity index is 373. The van der Waals surface area contributed by atoms with E-state index in [1.165, 1.54) is 0 Å². The van der Waals surface area contributed by atoms with Gasteiger partial charge in [-0.2, -0.15) is 17.5 Å². The van der Waals surface area contributed by atoms with Crippen molar-refractivity contribution >= 4 is 10.9 Å². The molecule has 0 saturated heterocycles. The number of H-pyrrole nitrogens is 1. The zero-order valence-electron chi connectivity index (χ0n) is 8.08. The van der Waals surface area contributed by atoms with E-state index >= 15 is 0 Å². The molecular formula is C10H12LaN2O-2. The Hall–Kier alpha value is -0.285. The Balaban J connectivity index is 0.000000531. The first-order valence-corrected chi connectivity index (χ1v) is 3.84. The Kier molecular flexibility index (Phi) is 6.92. The number of ether oxygens (including phenoxy) is 1. The van der Waals surface area contributed by atoms with Gasteiger partial charge in [0, 0.05) is 35.6 Å². The van der Waals surface area contributed by atoms with Gasteiger partial charge in [-0.1, -0.05) is 23.8 Å². The molecular weight excluding hydrogens is 303 g/mol. The molecule has 1 aromatic heterocycles. The SMILES string of the molecule is COc1ccc2[c-]c[nH]c2c1.[CH2-]N.[La]. The maximum Gasteiger partial charge on any atom is 0.0963 e. The van der Waals surface area contributed by atoms with Gasteiger partial charge in [0.1, 0.15) is 0 Å². The monoisotopic (exact) mass is 315 g/mol. The van der Waals surface area contributed by atoms with Crippen molar-refractivity contribution in [1.29, 1.82) is 0 Å². The number of aromatic amines is 1. The summed E-state index contributed by atoms with van der Waals surface area (Å²) in [6, 6.07) is 8.91. The summed E-state index contributed by atoms with van der Waals surface area (Å²) in [6.07, 6.45) is 1.80. The number of nitrogens with two attached hydrogens (primary N) is 1. The Morgan fingerprint density at radius 2 is 2.14 bits per heavy atom. The van der Waals surface area contributed by atoms with Crippen LogP contribution in [0.3, 0.4) is 0 Å². The van der Waals surface area contributed by atoms with E-state index in [4.69, 9.17) is 4.74 Å². The van der Waals surface area contributed by atoms with E-state index in [9.17, 15) is 0 Å². The first-order chi connectivity index (χ1) is 6.40. The first-order valence-electron chi connectivity index (χ1n) is 3.84. The van der Waals surface area contributed by atoms with E-state index in [1.807, 2.05) is 18.2 Å². The van der Waals surface area contributed by atoms with E-state index in [0.717, 1.165) is 16.7 Å². The number of hydrogen-bond acceptors (Lipinski definition) is 2. The standard InChI is InChI=1S/C9H8NO.CH4N.La/c1-11-8-3-2-7-4-5-10-9(7)6-8;1-2;/h2-3,5-6,10H,1H3;1-2H2;/q2*-1;. The molecule has 4 heteroatoms. The predicted octanol–water partition coefficient (Wildman–Crippen LogP) is 1.71. The van der Waals surface area contributed by atoms with Crippen LogP contribution in [0.15, 0.2) is 24.4 Å². The van der Waals surface area contributed by atoms with Crippen molar-refractivity contribution in [1.82, 2.24) is 4.98 Å². The second-order valence-electron chi connectivity index (χ2n) is 2.34. The van der Waals surface area contributed by atoms with E-state index in [0.29, 0.717) is 0 Å². The van der Waals surface area contributed by atoms with Gasteiger partial charge in [-0.3, -0.25) is 7.05 Å². The second-order valence-corrected chi connectivity index (χ2v) is 2.34. The Labute approximate surface area is 112 Å². The third-order valence-corrected chi connectivity index (χ3v) is 1.68. The molecule has 2 rings (SSSR count). The molecule has 0 atom stereocenters. The van der Waals surface area contributed by atoms with Crippen molar-refractivity contribution in [2.24, 2.45) is 5.73 Å². The predicted molar refractivity (Wildman–Crippen MR) is 53.2 cm³/mol. The van der Waals surface area contributed by atoms with Crippen LogP contribution in [0.25, 0.3) is 10.9 Å². The van der Waals surface area contributed by atoms with Crippen LogP contribution >= 0.6 is 0 Å². The van der Waals surface area contributed by atoms with E-state index in [-0.39, 0.29) is 35.6 Å². The zero-order chi connectivity index (χ0) is 9.68. The van der Waals surface area contributed by atoms with E-state index < -0.39 is 0 Å². The summed E-state index contributed by atoms with van der Waals surface area (Å²) in [5, 5.41) is 1.09. The molecule has 1 radical (unpaired) electrons. The molecule has 1 aromatic carbocycles. The Morgan fingerprint density at radius 1 is 1.43 bits per heavy atom. The minimum atomic E-state index is 0. The quantitative estimate of drug-likeness (QED) is 0.787. The van der Waals surface area contributed by atoms with Crippen LogP contribution in [-0.2, 0) is 0 Å². The molecule has 73 valence electrons. The fourth-order valence-electron chi connectivity index (χ4n) is 1.09. The molecule has 3 N–H and O–H groups in total. The van der Waals surface area contributed by atoms with Gasteiger partial charge in [0.05, 0.1) is 12.9 Å². The number of hydrogen-bond donors (Lipinski definition) is 2. The zero-order valence-corrected chi connectivity index (χ0v) is 11.7. The van der Waals surface area contributed by atoms with Gasteiger partial charge in [-0.15, -0.1) is 0 Å². The summed E-state index contributed by atoms with van der Waals surface area (Å²) in [6.45, 7) is 0. The van der Waals surface area contributed by atoms with Gasteiger partial charge in [0.2, 0.25) is 0 Å². The molecule has 2 aromatic rings. The second kappa shape index (κ2) is 7.07. The smallest absolute Gasteiger partial charge is 0.0963 e. The van der Waals surface area contributed by atoms with Crippen LogP contribution < -0.4 is 10.5 Å². The van der Waals surface area contributed by atoms with Gasteiger partial charge < -0.3 is 15.5 Å². The fourth-order valence-corrected chi connectivity index (χ4v) is 1.09. The number of methoxy groups -OCH3 is 1. The van der Waals surface area contributed by atoms with Crippen LogP contribution in [0.5, 0.6) is 5.75 Å². The van der Waals surface area contributed by atoms with Crippen molar-refractivity contribution < 1.29 is 40.3 Å². The minimum Gasteiger partial charge on any atom is -0.499 e. The van der Waals surface area contributed by atoms with Crippen LogP contribution in [0.2, 0.25) is 0 Å². The number of benzene rings is 1. The van der Waals surface area contributed by atoms with E-state index in [2.05, 4.69) is 23.8 Å². The summed E-state index contributed by atoms with van der Waals surface area (Å²) >= 11 is 0. The van der Waals surface area contributed by atoms with Crippen molar-refractivity contribution in [3.05, 3.63) is 37.5 Å². The largest absolute Gasteiger partial charge is 0.499 e. The summed E-state index contributed by atoms with van der Waals surface area (Å²) in [4.78, 5) is 3.06. The molecule has 0 bridgehead atoms.